The van der Waals surface area contributed by atoms with E-state index in [0.29, 0.717) is 0 Å². The average molecular weight is 271 g/mol. The van der Waals surface area contributed by atoms with Gasteiger partial charge in [0.05, 0.1) is 0 Å². The Kier molecular flexibility index (Phi) is 3.52. The Balaban J connectivity index is 3.06. The highest BCUT2D eigenvalue weighted by molar-refractivity contribution is 9.10. The molecule has 0 saturated heterocycles. The van der Waals surface area contributed by atoms with Gasteiger partial charge in [-0.05, 0) is 34.1 Å². The van der Waals surface area contributed by atoms with E-state index in [1.807, 2.05) is 0 Å². The van der Waals surface area contributed by atoms with Crippen LogP contribution in [0.4, 0.5) is 4.39 Å². The molecule has 0 aliphatic carbocycles. The zero-order chi connectivity index (χ0) is 10.8. The lowest BCUT2D eigenvalue weighted by atomic mass is 10.2. The monoisotopic (exact) mass is 270 g/mol. The highest BCUT2D eigenvalue weighted by Crippen LogP contribution is 2.16. The van der Waals surface area contributed by atoms with E-state index in [0.717, 1.165) is 10.0 Å². The van der Waals surface area contributed by atoms with E-state index in [1.54, 1.807) is 6.07 Å². The summed E-state index contributed by atoms with van der Waals surface area (Å²) in [5.41, 5.74) is 3.93. The lowest BCUT2D eigenvalue weighted by Crippen LogP contribution is -2.16. The SMILES string of the molecule is C[Si](C)(C)C#Cc1cc(F)ccc1Br. The molecule has 3 heteroatoms. The smallest absolute Gasteiger partial charge is 0.129 e. The van der Waals surface area contributed by atoms with Gasteiger partial charge in [0.15, 0.2) is 0 Å². The molecule has 0 N–H and O–H groups in total. The molecule has 1 aromatic rings. The molecule has 0 aromatic heterocycles. The van der Waals surface area contributed by atoms with Crippen molar-refractivity contribution < 1.29 is 4.39 Å². The van der Waals surface area contributed by atoms with Crippen molar-refractivity contribution in [3.05, 3.63) is 34.1 Å². The molecule has 0 nitrogen and oxygen atoms in total. The Hall–Kier alpha value is -0.593. The molecular weight excluding hydrogens is 259 g/mol. The number of hydrogen-bond acceptors (Lipinski definition) is 0. The van der Waals surface area contributed by atoms with Gasteiger partial charge in [0.1, 0.15) is 13.9 Å². The Bertz CT molecular complexity index is 396. The third-order valence-electron chi connectivity index (χ3n) is 1.50. The number of halogens is 2. The molecule has 0 radical (unpaired) electrons. The highest BCUT2D eigenvalue weighted by atomic mass is 79.9. The van der Waals surface area contributed by atoms with Gasteiger partial charge < -0.3 is 0 Å². The molecule has 0 aliphatic heterocycles. The minimum Gasteiger partial charge on any atom is -0.207 e. The van der Waals surface area contributed by atoms with Gasteiger partial charge in [0, 0.05) is 10.0 Å². The van der Waals surface area contributed by atoms with Crippen LogP contribution < -0.4 is 0 Å². The second kappa shape index (κ2) is 4.29. The maximum absolute atomic E-state index is 12.9. The maximum atomic E-state index is 12.9. The fourth-order valence-corrected chi connectivity index (χ4v) is 1.70. The summed E-state index contributed by atoms with van der Waals surface area (Å²) < 4.78 is 13.7. The van der Waals surface area contributed by atoms with E-state index in [4.69, 9.17) is 0 Å². The minimum atomic E-state index is -1.38. The van der Waals surface area contributed by atoms with Crippen molar-refractivity contribution in [1.29, 1.82) is 0 Å². The van der Waals surface area contributed by atoms with Crippen LogP contribution in [0.15, 0.2) is 22.7 Å². The van der Waals surface area contributed by atoms with Gasteiger partial charge in [0.2, 0.25) is 0 Å². The molecule has 0 heterocycles. The van der Waals surface area contributed by atoms with E-state index in [2.05, 4.69) is 47.0 Å². The quantitative estimate of drug-likeness (QED) is 0.497. The molecule has 0 bridgehead atoms. The lowest BCUT2D eigenvalue weighted by molar-refractivity contribution is 0.627. The molecular formula is C11H12BrFSi. The van der Waals surface area contributed by atoms with Gasteiger partial charge in [-0.15, -0.1) is 5.54 Å². The second-order valence-electron chi connectivity index (χ2n) is 4.12. The van der Waals surface area contributed by atoms with Gasteiger partial charge in [-0.25, -0.2) is 4.39 Å². The van der Waals surface area contributed by atoms with Crippen LogP contribution in [0, 0.1) is 17.3 Å². The van der Waals surface area contributed by atoms with Gasteiger partial charge in [-0.1, -0.05) is 25.6 Å². The minimum absolute atomic E-state index is 0.243. The lowest BCUT2D eigenvalue weighted by Gasteiger charge is -2.03. The number of rotatable bonds is 0. The summed E-state index contributed by atoms with van der Waals surface area (Å²) in [5.74, 6) is 2.78. The molecule has 0 amide bonds. The Morgan fingerprint density at radius 3 is 2.50 bits per heavy atom. The van der Waals surface area contributed by atoms with Crippen molar-refractivity contribution in [2.45, 2.75) is 19.6 Å². The van der Waals surface area contributed by atoms with Gasteiger partial charge in [-0.2, -0.15) is 0 Å². The van der Waals surface area contributed by atoms with Gasteiger partial charge in [-0.3, -0.25) is 0 Å². The molecule has 74 valence electrons. The van der Waals surface area contributed by atoms with E-state index in [-0.39, 0.29) is 5.82 Å². The Labute approximate surface area is 93.7 Å². The van der Waals surface area contributed by atoms with Crippen LogP contribution in [-0.2, 0) is 0 Å². The van der Waals surface area contributed by atoms with Gasteiger partial charge >= 0.3 is 0 Å². The van der Waals surface area contributed by atoms with Crippen molar-refractivity contribution in [3.8, 4) is 11.5 Å². The predicted octanol–water partition coefficient (Wildman–Crippen LogP) is 3.82. The van der Waals surface area contributed by atoms with Crippen LogP contribution in [-0.4, -0.2) is 8.07 Å². The molecule has 0 aliphatic rings. The maximum Gasteiger partial charge on any atom is 0.129 e. The predicted molar refractivity (Wildman–Crippen MR) is 64.3 cm³/mol. The normalized spacial score (nSPS) is 10.6. The summed E-state index contributed by atoms with van der Waals surface area (Å²) in [5, 5.41) is 0. The van der Waals surface area contributed by atoms with Crippen LogP contribution in [0.25, 0.3) is 0 Å². The second-order valence-corrected chi connectivity index (χ2v) is 9.73. The first-order chi connectivity index (χ1) is 6.38. The first-order valence-corrected chi connectivity index (χ1v) is 8.66. The summed E-state index contributed by atoms with van der Waals surface area (Å²) in [6.45, 7) is 6.48. The van der Waals surface area contributed by atoms with Gasteiger partial charge in [0.25, 0.3) is 0 Å². The third-order valence-corrected chi connectivity index (χ3v) is 3.07. The zero-order valence-corrected chi connectivity index (χ0v) is 11.1. The summed E-state index contributed by atoms with van der Waals surface area (Å²) in [6.07, 6.45) is 0. The Morgan fingerprint density at radius 1 is 1.29 bits per heavy atom. The largest absolute Gasteiger partial charge is 0.207 e. The number of benzene rings is 1. The van der Waals surface area contributed by atoms with E-state index < -0.39 is 8.07 Å². The molecule has 0 fully saturated rings. The zero-order valence-electron chi connectivity index (χ0n) is 8.49. The van der Waals surface area contributed by atoms with E-state index in [1.165, 1.54) is 12.1 Å². The summed E-state index contributed by atoms with van der Waals surface area (Å²) >= 11 is 3.34. The van der Waals surface area contributed by atoms with Crippen LogP contribution in [0.5, 0.6) is 0 Å². The van der Waals surface area contributed by atoms with Crippen molar-refractivity contribution in [2.75, 3.05) is 0 Å². The molecule has 0 spiro atoms. The fraction of sp³-hybridized carbons (Fsp3) is 0.273. The molecule has 0 saturated carbocycles. The van der Waals surface area contributed by atoms with Crippen molar-refractivity contribution in [1.82, 2.24) is 0 Å². The molecule has 1 rings (SSSR count). The third kappa shape index (κ3) is 3.65. The van der Waals surface area contributed by atoms with Crippen LogP contribution in [0.2, 0.25) is 19.6 Å². The summed E-state index contributed by atoms with van der Waals surface area (Å²) in [6, 6.07) is 4.56. The van der Waals surface area contributed by atoms with Crippen LogP contribution in [0.3, 0.4) is 0 Å². The van der Waals surface area contributed by atoms with Crippen LogP contribution in [0.1, 0.15) is 5.56 Å². The molecule has 14 heavy (non-hydrogen) atoms. The highest BCUT2D eigenvalue weighted by Gasteiger charge is 2.08. The summed E-state index contributed by atoms with van der Waals surface area (Å²) in [7, 11) is -1.38. The van der Waals surface area contributed by atoms with E-state index in [9.17, 15) is 4.39 Å². The topological polar surface area (TPSA) is 0 Å². The first kappa shape index (κ1) is 11.5. The van der Waals surface area contributed by atoms with Crippen molar-refractivity contribution in [2.24, 2.45) is 0 Å². The van der Waals surface area contributed by atoms with Crippen LogP contribution >= 0.6 is 15.9 Å². The molecule has 1 aromatic carbocycles. The van der Waals surface area contributed by atoms with Crippen molar-refractivity contribution >= 4 is 24.0 Å². The molecule has 0 unspecified atom stereocenters. The van der Waals surface area contributed by atoms with E-state index >= 15 is 0 Å². The standard InChI is InChI=1S/C11H12BrFSi/c1-14(2,3)7-6-9-8-10(13)4-5-11(9)12/h4-5,8H,1-3H3. The molecule has 0 atom stereocenters. The summed E-state index contributed by atoms with van der Waals surface area (Å²) in [4.78, 5) is 0. The van der Waals surface area contributed by atoms with Crippen molar-refractivity contribution in [3.63, 3.8) is 0 Å². The fourth-order valence-electron chi connectivity index (χ4n) is 0.848. The average Bonchev–Trinajstić information content (AvgIpc) is 2.05. The first-order valence-electron chi connectivity index (χ1n) is 4.37. The Morgan fingerprint density at radius 2 is 1.93 bits per heavy atom. The number of hydrogen-bond donors (Lipinski definition) is 0.